The van der Waals surface area contributed by atoms with Crippen molar-refractivity contribution >= 4 is 0 Å². The van der Waals surface area contributed by atoms with Crippen molar-refractivity contribution in [1.29, 1.82) is 0 Å². The molecule has 0 radical (unpaired) electrons. The van der Waals surface area contributed by atoms with E-state index in [1.165, 1.54) is 11.1 Å². The normalized spacial score (nSPS) is 20.9. The molecule has 0 saturated carbocycles. The summed E-state index contributed by atoms with van der Waals surface area (Å²) in [5.74, 6) is 0. The first-order valence-corrected chi connectivity index (χ1v) is 7.57. The van der Waals surface area contributed by atoms with Crippen LogP contribution in [0, 0.1) is 13.8 Å². The Hall–Kier alpha value is -0.900. The molecule has 1 aliphatic heterocycles. The predicted molar refractivity (Wildman–Crippen MR) is 81.8 cm³/mol. The van der Waals surface area contributed by atoms with Crippen molar-refractivity contribution < 1.29 is 10.2 Å². The third-order valence-electron chi connectivity index (χ3n) is 4.28. The van der Waals surface area contributed by atoms with Gasteiger partial charge in [-0.1, -0.05) is 29.3 Å². The molecule has 0 bridgehead atoms. The minimum absolute atomic E-state index is 0.393. The summed E-state index contributed by atoms with van der Waals surface area (Å²) in [6, 6.07) is 6.26. The molecule has 2 N–H and O–H groups in total. The van der Waals surface area contributed by atoms with E-state index in [2.05, 4.69) is 36.9 Å². The maximum absolute atomic E-state index is 10.3. The Labute approximate surface area is 122 Å². The number of aliphatic hydroxyl groups is 2. The van der Waals surface area contributed by atoms with Gasteiger partial charge in [0, 0.05) is 19.6 Å². The standard InChI is InChI=1S/C17H27NO2/c1-13-10-14(2)12-15(11-13)16(19)4-7-18-8-5-17(3,20)6-9-18/h10-12,16,19-20H,4-9H2,1-3H3. The van der Waals surface area contributed by atoms with E-state index >= 15 is 0 Å². The monoisotopic (exact) mass is 277 g/mol. The number of hydrogen-bond donors (Lipinski definition) is 2. The molecule has 1 atom stereocenters. The maximum Gasteiger partial charge on any atom is 0.0802 e. The van der Waals surface area contributed by atoms with E-state index in [9.17, 15) is 10.2 Å². The summed E-state index contributed by atoms with van der Waals surface area (Å²) in [4.78, 5) is 2.34. The average molecular weight is 277 g/mol. The van der Waals surface area contributed by atoms with E-state index in [0.717, 1.165) is 44.5 Å². The van der Waals surface area contributed by atoms with Crippen LogP contribution in [0.2, 0.25) is 0 Å². The SMILES string of the molecule is Cc1cc(C)cc(C(O)CCN2CCC(C)(O)CC2)c1. The molecule has 0 aromatic heterocycles. The van der Waals surface area contributed by atoms with Crippen LogP contribution in [0.5, 0.6) is 0 Å². The maximum atomic E-state index is 10.3. The van der Waals surface area contributed by atoms with Crippen molar-refractivity contribution in [3.05, 3.63) is 34.9 Å². The molecular formula is C17H27NO2. The molecule has 3 nitrogen and oxygen atoms in total. The average Bonchev–Trinajstić information content (AvgIpc) is 2.36. The fourth-order valence-electron chi connectivity index (χ4n) is 2.93. The lowest BCUT2D eigenvalue weighted by atomic mass is 9.93. The number of aryl methyl sites for hydroxylation is 2. The van der Waals surface area contributed by atoms with Crippen LogP contribution in [0.4, 0.5) is 0 Å². The third-order valence-corrected chi connectivity index (χ3v) is 4.28. The summed E-state index contributed by atoms with van der Waals surface area (Å²) in [5.41, 5.74) is 2.93. The second kappa shape index (κ2) is 6.25. The van der Waals surface area contributed by atoms with Gasteiger partial charge in [-0.05, 0) is 45.6 Å². The van der Waals surface area contributed by atoms with Crippen LogP contribution >= 0.6 is 0 Å². The van der Waals surface area contributed by atoms with E-state index in [-0.39, 0.29) is 0 Å². The Morgan fingerprint density at radius 3 is 2.25 bits per heavy atom. The number of likely N-dealkylation sites (tertiary alicyclic amines) is 1. The molecule has 0 amide bonds. The Morgan fingerprint density at radius 2 is 1.70 bits per heavy atom. The summed E-state index contributed by atoms with van der Waals surface area (Å²) < 4.78 is 0. The molecule has 1 heterocycles. The van der Waals surface area contributed by atoms with Crippen molar-refractivity contribution in [2.45, 2.75) is 51.7 Å². The topological polar surface area (TPSA) is 43.7 Å². The van der Waals surface area contributed by atoms with Crippen LogP contribution in [0.15, 0.2) is 18.2 Å². The van der Waals surface area contributed by atoms with Crippen LogP contribution in [-0.2, 0) is 0 Å². The molecule has 1 unspecified atom stereocenters. The van der Waals surface area contributed by atoms with Gasteiger partial charge in [0.25, 0.3) is 0 Å². The highest BCUT2D eigenvalue weighted by Gasteiger charge is 2.27. The summed E-state index contributed by atoms with van der Waals surface area (Å²) in [7, 11) is 0. The van der Waals surface area contributed by atoms with Crippen molar-refractivity contribution in [3.8, 4) is 0 Å². The van der Waals surface area contributed by atoms with Gasteiger partial charge in [0.15, 0.2) is 0 Å². The second-order valence-corrected chi connectivity index (χ2v) is 6.56. The number of aliphatic hydroxyl groups excluding tert-OH is 1. The zero-order chi connectivity index (χ0) is 14.8. The lowest BCUT2D eigenvalue weighted by Gasteiger charge is -2.36. The van der Waals surface area contributed by atoms with Crippen molar-refractivity contribution in [2.75, 3.05) is 19.6 Å². The molecule has 1 aliphatic rings. The molecule has 112 valence electrons. The molecule has 0 spiro atoms. The summed E-state index contributed by atoms with van der Waals surface area (Å²) >= 11 is 0. The van der Waals surface area contributed by atoms with Crippen molar-refractivity contribution in [3.63, 3.8) is 0 Å². The number of benzene rings is 1. The van der Waals surface area contributed by atoms with Crippen molar-refractivity contribution in [1.82, 2.24) is 4.90 Å². The fourth-order valence-corrected chi connectivity index (χ4v) is 2.93. The first kappa shape index (κ1) is 15.5. The Morgan fingerprint density at radius 1 is 1.15 bits per heavy atom. The lowest BCUT2D eigenvalue weighted by Crippen LogP contribution is -2.42. The van der Waals surface area contributed by atoms with Gasteiger partial charge in [-0.25, -0.2) is 0 Å². The highest BCUT2D eigenvalue weighted by molar-refractivity contribution is 5.29. The number of hydrogen-bond acceptors (Lipinski definition) is 3. The molecule has 1 fully saturated rings. The van der Waals surface area contributed by atoms with Gasteiger partial charge in [0.05, 0.1) is 11.7 Å². The first-order chi connectivity index (χ1) is 9.35. The molecule has 3 heteroatoms. The van der Waals surface area contributed by atoms with Crippen LogP contribution in [0.3, 0.4) is 0 Å². The Bertz CT molecular complexity index is 426. The van der Waals surface area contributed by atoms with Gasteiger partial charge in [-0.3, -0.25) is 0 Å². The molecule has 2 rings (SSSR count). The predicted octanol–water partition coefficient (Wildman–Crippen LogP) is 2.57. The van der Waals surface area contributed by atoms with E-state index < -0.39 is 11.7 Å². The van der Waals surface area contributed by atoms with Gasteiger partial charge in [0.2, 0.25) is 0 Å². The van der Waals surface area contributed by atoms with Crippen LogP contribution in [-0.4, -0.2) is 40.3 Å². The highest BCUT2D eigenvalue weighted by atomic mass is 16.3. The van der Waals surface area contributed by atoms with E-state index in [0.29, 0.717) is 0 Å². The van der Waals surface area contributed by atoms with Gasteiger partial charge in [-0.15, -0.1) is 0 Å². The Kier molecular flexibility index (Phi) is 4.84. The van der Waals surface area contributed by atoms with Crippen LogP contribution in [0.25, 0.3) is 0 Å². The fraction of sp³-hybridized carbons (Fsp3) is 0.647. The number of nitrogens with zero attached hydrogens (tertiary/aromatic N) is 1. The largest absolute Gasteiger partial charge is 0.390 e. The zero-order valence-electron chi connectivity index (χ0n) is 12.9. The van der Waals surface area contributed by atoms with E-state index in [4.69, 9.17) is 0 Å². The summed E-state index contributed by atoms with van der Waals surface area (Å²) in [6.07, 6.45) is 2.01. The quantitative estimate of drug-likeness (QED) is 0.889. The molecule has 1 saturated heterocycles. The molecule has 1 aromatic carbocycles. The van der Waals surface area contributed by atoms with Gasteiger partial charge < -0.3 is 15.1 Å². The summed E-state index contributed by atoms with van der Waals surface area (Å²) in [5, 5.41) is 20.3. The smallest absolute Gasteiger partial charge is 0.0802 e. The zero-order valence-corrected chi connectivity index (χ0v) is 12.9. The van der Waals surface area contributed by atoms with Gasteiger partial charge in [-0.2, -0.15) is 0 Å². The second-order valence-electron chi connectivity index (χ2n) is 6.56. The summed E-state index contributed by atoms with van der Waals surface area (Å²) in [6.45, 7) is 8.78. The Balaban J connectivity index is 1.85. The first-order valence-electron chi connectivity index (χ1n) is 7.57. The lowest BCUT2D eigenvalue weighted by molar-refractivity contribution is -0.00813. The van der Waals surface area contributed by atoms with E-state index in [1.807, 2.05) is 6.92 Å². The number of piperidine rings is 1. The molecule has 0 aliphatic carbocycles. The molecule has 20 heavy (non-hydrogen) atoms. The minimum Gasteiger partial charge on any atom is -0.390 e. The molecule has 1 aromatic rings. The highest BCUT2D eigenvalue weighted by Crippen LogP contribution is 2.24. The van der Waals surface area contributed by atoms with E-state index in [1.54, 1.807) is 0 Å². The van der Waals surface area contributed by atoms with Crippen LogP contribution in [0.1, 0.15) is 49.0 Å². The number of rotatable bonds is 4. The third kappa shape index (κ3) is 4.30. The van der Waals surface area contributed by atoms with Gasteiger partial charge in [0.1, 0.15) is 0 Å². The minimum atomic E-state index is -0.497. The molecular weight excluding hydrogens is 250 g/mol. The van der Waals surface area contributed by atoms with Crippen LogP contribution < -0.4 is 0 Å². The van der Waals surface area contributed by atoms with Gasteiger partial charge >= 0.3 is 0 Å². The van der Waals surface area contributed by atoms with Crippen molar-refractivity contribution in [2.24, 2.45) is 0 Å².